The molecule has 0 bridgehead atoms. The Bertz CT molecular complexity index is 606. The van der Waals surface area contributed by atoms with Crippen LogP contribution in [0.15, 0.2) is 24.3 Å². The van der Waals surface area contributed by atoms with Gasteiger partial charge in [0.1, 0.15) is 0 Å². The van der Waals surface area contributed by atoms with E-state index in [1.165, 1.54) is 11.3 Å². The Morgan fingerprint density at radius 3 is 2.43 bits per heavy atom. The summed E-state index contributed by atoms with van der Waals surface area (Å²) in [6.45, 7) is 4.13. The van der Waals surface area contributed by atoms with Gasteiger partial charge in [-0.2, -0.15) is 0 Å². The van der Waals surface area contributed by atoms with Crippen molar-refractivity contribution in [2.45, 2.75) is 32.6 Å². The Kier molecular flexibility index (Phi) is 4.46. The van der Waals surface area contributed by atoms with Gasteiger partial charge in [0, 0.05) is 26.1 Å². The van der Waals surface area contributed by atoms with Gasteiger partial charge >= 0.3 is 0 Å². The highest BCUT2D eigenvalue weighted by atomic mass is 16.2. The van der Waals surface area contributed by atoms with E-state index in [1.54, 1.807) is 24.3 Å². The fourth-order valence-electron chi connectivity index (χ4n) is 3.40. The van der Waals surface area contributed by atoms with E-state index in [0.717, 1.165) is 19.5 Å². The van der Waals surface area contributed by atoms with Crippen molar-refractivity contribution in [2.24, 2.45) is 5.92 Å². The second-order valence-electron chi connectivity index (χ2n) is 6.50. The molecule has 3 rings (SSSR count). The van der Waals surface area contributed by atoms with Crippen LogP contribution in [-0.2, 0) is 4.79 Å². The van der Waals surface area contributed by atoms with Gasteiger partial charge in [0.15, 0.2) is 0 Å². The number of carbonyl (C=O) groups excluding carboxylic acids is 3. The first kappa shape index (κ1) is 15.7. The normalized spacial score (nSPS) is 20.8. The second-order valence-corrected chi connectivity index (χ2v) is 6.50. The van der Waals surface area contributed by atoms with Crippen molar-refractivity contribution in [3.63, 3.8) is 0 Å². The average molecular weight is 314 g/mol. The van der Waals surface area contributed by atoms with Crippen molar-refractivity contribution in [1.29, 1.82) is 0 Å². The molecular formula is C18H22N2O3. The van der Waals surface area contributed by atoms with E-state index in [9.17, 15) is 14.4 Å². The Hall–Kier alpha value is -2.17. The van der Waals surface area contributed by atoms with Gasteiger partial charge < -0.3 is 4.90 Å². The summed E-state index contributed by atoms with van der Waals surface area (Å²) in [4.78, 5) is 39.9. The van der Waals surface area contributed by atoms with Crippen LogP contribution in [0.5, 0.6) is 0 Å². The molecule has 1 aromatic rings. The number of amides is 3. The van der Waals surface area contributed by atoms with Crippen molar-refractivity contribution < 1.29 is 14.4 Å². The highest BCUT2D eigenvalue weighted by Crippen LogP contribution is 2.23. The van der Waals surface area contributed by atoms with Gasteiger partial charge in [-0.15, -0.1) is 0 Å². The maximum absolute atomic E-state index is 12.2. The summed E-state index contributed by atoms with van der Waals surface area (Å²) in [7, 11) is 0. The van der Waals surface area contributed by atoms with Gasteiger partial charge in [-0.1, -0.05) is 19.1 Å². The SMILES string of the molecule is C[C@H]1CCCN(C(=O)CCCN2C(=O)c3ccccc3C2=O)C1. The first-order chi connectivity index (χ1) is 11.1. The lowest BCUT2D eigenvalue weighted by molar-refractivity contribution is -0.133. The molecular weight excluding hydrogens is 292 g/mol. The zero-order valence-electron chi connectivity index (χ0n) is 13.5. The van der Waals surface area contributed by atoms with Crippen molar-refractivity contribution in [2.75, 3.05) is 19.6 Å². The molecule has 1 fully saturated rings. The number of hydrogen-bond acceptors (Lipinski definition) is 3. The van der Waals surface area contributed by atoms with Crippen LogP contribution in [0.4, 0.5) is 0 Å². The summed E-state index contributed by atoms with van der Waals surface area (Å²) >= 11 is 0. The van der Waals surface area contributed by atoms with Crippen molar-refractivity contribution in [3.05, 3.63) is 35.4 Å². The molecule has 0 N–H and O–H groups in total. The van der Waals surface area contributed by atoms with Crippen LogP contribution in [0, 0.1) is 5.92 Å². The maximum atomic E-state index is 12.2. The average Bonchev–Trinajstić information content (AvgIpc) is 2.80. The zero-order chi connectivity index (χ0) is 16.4. The molecule has 3 amide bonds. The molecule has 2 aliphatic rings. The third kappa shape index (κ3) is 3.14. The molecule has 0 aromatic heterocycles. The quantitative estimate of drug-likeness (QED) is 0.801. The Labute approximate surface area is 136 Å². The monoisotopic (exact) mass is 314 g/mol. The van der Waals surface area contributed by atoms with Crippen molar-refractivity contribution in [3.8, 4) is 0 Å². The number of nitrogens with zero attached hydrogens (tertiary/aromatic N) is 2. The first-order valence-electron chi connectivity index (χ1n) is 8.31. The van der Waals surface area contributed by atoms with E-state index < -0.39 is 0 Å². The number of imide groups is 1. The lowest BCUT2D eigenvalue weighted by Gasteiger charge is -2.31. The molecule has 5 heteroatoms. The van der Waals surface area contributed by atoms with Crippen LogP contribution in [0.1, 0.15) is 53.3 Å². The number of rotatable bonds is 4. The van der Waals surface area contributed by atoms with Gasteiger partial charge in [-0.25, -0.2) is 0 Å². The molecule has 0 saturated carbocycles. The lowest BCUT2D eigenvalue weighted by atomic mass is 10.00. The number of hydrogen-bond donors (Lipinski definition) is 0. The fraction of sp³-hybridized carbons (Fsp3) is 0.500. The van der Waals surface area contributed by atoms with Crippen LogP contribution in [0.25, 0.3) is 0 Å². The van der Waals surface area contributed by atoms with E-state index in [1.807, 2.05) is 4.90 Å². The van der Waals surface area contributed by atoms with Gasteiger partial charge in [0.25, 0.3) is 11.8 Å². The third-order valence-corrected chi connectivity index (χ3v) is 4.66. The molecule has 0 radical (unpaired) electrons. The van der Waals surface area contributed by atoms with Crippen LogP contribution >= 0.6 is 0 Å². The molecule has 2 heterocycles. The molecule has 1 atom stereocenters. The topological polar surface area (TPSA) is 57.7 Å². The molecule has 1 aromatic carbocycles. The predicted octanol–water partition coefficient (Wildman–Crippen LogP) is 2.32. The smallest absolute Gasteiger partial charge is 0.261 e. The van der Waals surface area contributed by atoms with Gasteiger partial charge in [-0.3, -0.25) is 19.3 Å². The molecule has 0 spiro atoms. The summed E-state index contributed by atoms with van der Waals surface area (Å²) in [5.74, 6) is 0.200. The minimum atomic E-state index is -0.246. The number of likely N-dealkylation sites (tertiary alicyclic amines) is 1. The van der Waals surface area contributed by atoms with E-state index >= 15 is 0 Å². The summed E-state index contributed by atoms with van der Waals surface area (Å²) in [5, 5.41) is 0. The number of benzene rings is 1. The lowest BCUT2D eigenvalue weighted by Crippen LogP contribution is -2.39. The summed E-state index contributed by atoms with van der Waals surface area (Å²) < 4.78 is 0. The molecule has 122 valence electrons. The van der Waals surface area contributed by atoms with Crippen LogP contribution in [0.2, 0.25) is 0 Å². The molecule has 0 aliphatic carbocycles. The van der Waals surface area contributed by atoms with Crippen LogP contribution in [-0.4, -0.2) is 47.2 Å². The molecule has 0 unspecified atom stereocenters. The summed E-state index contributed by atoms with van der Waals surface area (Å²) in [5.41, 5.74) is 0.933. The van der Waals surface area contributed by atoms with Gasteiger partial charge in [0.05, 0.1) is 11.1 Å². The number of carbonyl (C=O) groups is 3. The number of piperidine rings is 1. The van der Waals surface area contributed by atoms with E-state index in [0.29, 0.717) is 36.4 Å². The molecule has 5 nitrogen and oxygen atoms in total. The Morgan fingerprint density at radius 2 is 1.83 bits per heavy atom. The van der Waals surface area contributed by atoms with Crippen LogP contribution < -0.4 is 0 Å². The Morgan fingerprint density at radius 1 is 1.17 bits per heavy atom. The third-order valence-electron chi connectivity index (χ3n) is 4.66. The largest absolute Gasteiger partial charge is 0.342 e. The fourth-order valence-corrected chi connectivity index (χ4v) is 3.40. The highest BCUT2D eigenvalue weighted by Gasteiger charge is 2.34. The summed E-state index contributed by atoms with van der Waals surface area (Å²) in [6, 6.07) is 6.87. The van der Waals surface area contributed by atoms with Crippen molar-refractivity contribution in [1.82, 2.24) is 9.80 Å². The standard InChI is InChI=1S/C18H22N2O3/c1-13-6-4-10-19(12-13)16(21)9-5-11-20-17(22)14-7-2-3-8-15(14)18(20)23/h2-3,7-8,13H,4-6,9-12H2,1H3/t13-/m0/s1. The zero-order valence-corrected chi connectivity index (χ0v) is 13.5. The predicted molar refractivity (Wildman–Crippen MR) is 86.0 cm³/mol. The van der Waals surface area contributed by atoms with Gasteiger partial charge in [0.2, 0.25) is 5.91 Å². The maximum Gasteiger partial charge on any atom is 0.261 e. The molecule has 2 aliphatic heterocycles. The number of fused-ring (bicyclic) bond motifs is 1. The molecule has 23 heavy (non-hydrogen) atoms. The van der Waals surface area contributed by atoms with Gasteiger partial charge in [-0.05, 0) is 37.3 Å². The van der Waals surface area contributed by atoms with E-state index in [4.69, 9.17) is 0 Å². The minimum absolute atomic E-state index is 0.133. The highest BCUT2D eigenvalue weighted by molar-refractivity contribution is 6.21. The summed E-state index contributed by atoms with van der Waals surface area (Å²) in [6.07, 6.45) is 3.15. The minimum Gasteiger partial charge on any atom is -0.342 e. The van der Waals surface area contributed by atoms with E-state index in [-0.39, 0.29) is 17.7 Å². The van der Waals surface area contributed by atoms with E-state index in [2.05, 4.69) is 6.92 Å². The van der Waals surface area contributed by atoms with Crippen LogP contribution in [0.3, 0.4) is 0 Å². The first-order valence-corrected chi connectivity index (χ1v) is 8.31. The second kappa shape index (κ2) is 6.52. The Balaban J connectivity index is 1.53. The van der Waals surface area contributed by atoms with Crippen molar-refractivity contribution >= 4 is 17.7 Å². The molecule has 1 saturated heterocycles.